The minimum absolute atomic E-state index is 0.121. The van der Waals surface area contributed by atoms with Crippen LogP contribution >= 0.6 is 11.8 Å². The van der Waals surface area contributed by atoms with E-state index in [0.29, 0.717) is 13.1 Å². The third-order valence-corrected chi connectivity index (χ3v) is 4.74. The van der Waals surface area contributed by atoms with Crippen molar-refractivity contribution in [1.82, 2.24) is 10.6 Å². The SMILES string of the molecule is O=C(C[C@H]1NCCNC1=O)Nc1ccccc1Sc1ccccc1. The van der Waals surface area contributed by atoms with Crippen LogP contribution in [0.3, 0.4) is 0 Å². The van der Waals surface area contributed by atoms with Gasteiger partial charge in [0, 0.05) is 22.9 Å². The summed E-state index contributed by atoms with van der Waals surface area (Å²) in [5, 5.41) is 8.74. The van der Waals surface area contributed by atoms with Crippen LogP contribution in [0.25, 0.3) is 0 Å². The van der Waals surface area contributed by atoms with E-state index in [4.69, 9.17) is 0 Å². The monoisotopic (exact) mass is 341 g/mol. The Morgan fingerprint density at radius 1 is 1.08 bits per heavy atom. The van der Waals surface area contributed by atoms with E-state index in [9.17, 15) is 9.59 Å². The number of piperazine rings is 1. The second kappa shape index (κ2) is 7.99. The molecule has 5 nitrogen and oxygen atoms in total. The summed E-state index contributed by atoms with van der Waals surface area (Å²) in [5.74, 6) is -0.297. The van der Waals surface area contributed by atoms with Gasteiger partial charge in [0.05, 0.1) is 18.2 Å². The van der Waals surface area contributed by atoms with Crippen LogP contribution in [-0.2, 0) is 9.59 Å². The maximum atomic E-state index is 12.3. The second-order valence-corrected chi connectivity index (χ2v) is 6.58. The first-order chi connectivity index (χ1) is 11.7. The second-order valence-electron chi connectivity index (χ2n) is 5.46. The average Bonchev–Trinajstić information content (AvgIpc) is 2.60. The van der Waals surface area contributed by atoms with Gasteiger partial charge in [-0.1, -0.05) is 42.1 Å². The third kappa shape index (κ3) is 4.37. The summed E-state index contributed by atoms with van der Waals surface area (Å²) in [7, 11) is 0. The zero-order valence-corrected chi connectivity index (χ0v) is 13.9. The van der Waals surface area contributed by atoms with Crippen LogP contribution in [0.15, 0.2) is 64.4 Å². The molecule has 0 bridgehead atoms. The summed E-state index contributed by atoms with van der Waals surface area (Å²) in [4.78, 5) is 26.1. The van der Waals surface area contributed by atoms with Crippen LogP contribution in [0.5, 0.6) is 0 Å². The molecule has 2 aromatic carbocycles. The molecule has 2 aromatic rings. The molecule has 0 aromatic heterocycles. The van der Waals surface area contributed by atoms with Gasteiger partial charge in [-0.3, -0.25) is 9.59 Å². The zero-order chi connectivity index (χ0) is 16.8. The van der Waals surface area contributed by atoms with Gasteiger partial charge in [0.15, 0.2) is 0 Å². The first-order valence-electron chi connectivity index (χ1n) is 7.85. The summed E-state index contributed by atoms with van der Waals surface area (Å²) in [6.45, 7) is 1.29. The van der Waals surface area contributed by atoms with Crippen molar-refractivity contribution in [2.75, 3.05) is 18.4 Å². The van der Waals surface area contributed by atoms with Crippen molar-refractivity contribution >= 4 is 29.3 Å². The lowest BCUT2D eigenvalue weighted by Gasteiger charge is -2.23. The molecule has 0 saturated carbocycles. The predicted octanol–water partition coefficient (Wildman–Crippen LogP) is 2.25. The molecule has 0 spiro atoms. The highest BCUT2D eigenvalue weighted by atomic mass is 32.2. The van der Waals surface area contributed by atoms with Gasteiger partial charge in [-0.05, 0) is 24.3 Å². The largest absolute Gasteiger partial charge is 0.353 e. The number of benzene rings is 2. The van der Waals surface area contributed by atoms with E-state index in [-0.39, 0.29) is 18.2 Å². The van der Waals surface area contributed by atoms with Crippen LogP contribution in [0.4, 0.5) is 5.69 Å². The Balaban J connectivity index is 1.66. The van der Waals surface area contributed by atoms with Crippen molar-refractivity contribution in [1.29, 1.82) is 0 Å². The van der Waals surface area contributed by atoms with Gasteiger partial charge in [0.25, 0.3) is 0 Å². The standard InChI is InChI=1S/C18H19N3O2S/c22-17(12-15-18(23)20-11-10-19-15)21-14-8-4-5-9-16(14)24-13-6-2-1-3-7-13/h1-9,15,19H,10-12H2,(H,20,23)(H,21,22)/t15-/m1/s1. The molecule has 1 aliphatic rings. The summed E-state index contributed by atoms with van der Waals surface area (Å²) in [6.07, 6.45) is 0.121. The summed E-state index contributed by atoms with van der Waals surface area (Å²) >= 11 is 1.59. The lowest BCUT2D eigenvalue weighted by molar-refractivity contribution is -0.127. The summed E-state index contributed by atoms with van der Waals surface area (Å²) in [6, 6.07) is 17.2. The first-order valence-corrected chi connectivity index (χ1v) is 8.67. The van der Waals surface area contributed by atoms with Crippen molar-refractivity contribution in [3.05, 3.63) is 54.6 Å². The molecule has 3 rings (SSSR count). The molecule has 1 fully saturated rings. The minimum Gasteiger partial charge on any atom is -0.353 e. The normalized spacial score (nSPS) is 17.2. The lowest BCUT2D eigenvalue weighted by Crippen LogP contribution is -2.53. The number of carbonyl (C=O) groups excluding carboxylic acids is 2. The zero-order valence-electron chi connectivity index (χ0n) is 13.1. The first kappa shape index (κ1) is 16.5. The number of hydrogen-bond acceptors (Lipinski definition) is 4. The summed E-state index contributed by atoms with van der Waals surface area (Å²) < 4.78 is 0. The Morgan fingerprint density at radius 2 is 1.83 bits per heavy atom. The predicted molar refractivity (Wildman–Crippen MR) is 95.1 cm³/mol. The fraction of sp³-hybridized carbons (Fsp3) is 0.222. The highest BCUT2D eigenvalue weighted by Crippen LogP contribution is 2.33. The van der Waals surface area contributed by atoms with E-state index in [0.717, 1.165) is 15.5 Å². The Morgan fingerprint density at radius 3 is 2.62 bits per heavy atom. The Hall–Kier alpha value is -2.31. The number of amides is 2. The van der Waals surface area contributed by atoms with Crippen molar-refractivity contribution in [2.24, 2.45) is 0 Å². The quantitative estimate of drug-likeness (QED) is 0.780. The van der Waals surface area contributed by atoms with Gasteiger partial charge >= 0.3 is 0 Å². The number of rotatable bonds is 5. The van der Waals surface area contributed by atoms with Crippen molar-refractivity contribution in [3.63, 3.8) is 0 Å². The molecule has 24 heavy (non-hydrogen) atoms. The average molecular weight is 341 g/mol. The van der Waals surface area contributed by atoms with Gasteiger partial charge in [-0.15, -0.1) is 0 Å². The minimum atomic E-state index is -0.465. The fourth-order valence-corrected chi connectivity index (χ4v) is 3.40. The van der Waals surface area contributed by atoms with E-state index < -0.39 is 6.04 Å². The van der Waals surface area contributed by atoms with E-state index in [1.165, 1.54) is 0 Å². The summed E-state index contributed by atoms with van der Waals surface area (Å²) in [5.41, 5.74) is 0.757. The third-order valence-electron chi connectivity index (χ3n) is 3.65. The van der Waals surface area contributed by atoms with E-state index >= 15 is 0 Å². The van der Waals surface area contributed by atoms with Crippen molar-refractivity contribution < 1.29 is 9.59 Å². The maximum Gasteiger partial charge on any atom is 0.237 e. The van der Waals surface area contributed by atoms with Gasteiger partial charge in [-0.2, -0.15) is 0 Å². The highest BCUT2D eigenvalue weighted by molar-refractivity contribution is 7.99. The molecule has 1 heterocycles. The molecular weight excluding hydrogens is 322 g/mol. The molecule has 0 aliphatic carbocycles. The Kier molecular flexibility index (Phi) is 5.51. The number of anilines is 1. The van der Waals surface area contributed by atoms with Gasteiger partial charge in [0.1, 0.15) is 0 Å². The number of carbonyl (C=O) groups is 2. The van der Waals surface area contributed by atoms with Crippen LogP contribution in [0.1, 0.15) is 6.42 Å². The van der Waals surface area contributed by atoms with E-state index in [1.807, 2.05) is 54.6 Å². The molecule has 6 heteroatoms. The number of nitrogens with one attached hydrogen (secondary N) is 3. The lowest BCUT2D eigenvalue weighted by atomic mass is 10.1. The molecule has 1 atom stereocenters. The van der Waals surface area contributed by atoms with Gasteiger partial charge in [-0.25, -0.2) is 0 Å². The topological polar surface area (TPSA) is 70.2 Å². The van der Waals surface area contributed by atoms with E-state index in [1.54, 1.807) is 11.8 Å². The smallest absolute Gasteiger partial charge is 0.237 e. The molecule has 3 N–H and O–H groups in total. The highest BCUT2D eigenvalue weighted by Gasteiger charge is 2.24. The molecule has 1 aliphatic heterocycles. The fourth-order valence-electron chi connectivity index (χ4n) is 2.47. The van der Waals surface area contributed by atoms with E-state index in [2.05, 4.69) is 16.0 Å². The van der Waals surface area contributed by atoms with Crippen LogP contribution in [0.2, 0.25) is 0 Å². The van der Waals surface area contributed by atoms with Crippen molar-refractivity contribution in [3.8, 4) is 0 Å². The Labute approximate surface area is 145 Å². The molecule has 124 valence electrons. The molecular formula is C18H19N3O2S. The molecule has 0 radical (unpaired) electrons. The Bertz CT molecular complexity index is 721. The van der Waals surface area contributed by atoms with Gasteiger partial charge in [0.2, 0.25) is 11.8 Å². The van der Waals surface area contributed by atoms with Crippen LogP contribution in [0, 0.1) is 0 Å². The maximum absolute atomic E-state index is 12.3. The molecule has 1 saturated heterocycles. The molecule has 0 unspecified atom stereocenters. The van der Waals surface area contributed by atoms with Crippen LogP contribution in [-0.4, -0.2) is 30.9 Å². The number of hydrogen-bond donors (Lipinski definition) is 3. The van der Waals surface area contributed by atoms with Gasteiger partial charge < -0.3 is 16.0 Å². The number of para-hydroxylation sites is 1. The molecule has 2 amide bonds. The van der Waals surface area contributed by atoms with Crippen molar-refractivity contribution in [2.45, 2.75) is 22.3 Å². The van der Waals surface area contributed by atoms with Crippen LogP contribution < -0.4 is 16.0 Å².